The van der Waals surface area contributed by atoms with Gasteiger partial charge in [-0.15, -0.1) is 0 Å². The van der Waals surface area contributed by atoms with E-state index in [0.29, 0.717) is 37.9 Å². The third-order valence-corrected chi connectivity index (χ3v) is 5.33. The molecule has 33 heavy (non-hydrogen) atoms. The van der Waals surface area contributed by atoms with Crippen LogP contribution in [0.3, 0.4) is 0 Å². The number of fused-ring (bicyclic) bond motifs is 1. The van der Waals surface area contributed by atoms with Gasteiger partial charge in [0, 0.05) is 54.6 Å². The van der Waals surface area contributed by atoms with Crippen LogP contribution in [0.4, 0.5) is 11.5 Å². The molecule has 0 bridgehead atoms. The van der Waals surface area contributed by atoms with Crippen molar-refractivity contribution in [1.82, 2.24) is 19.9 Å². The number of rotatable bonds is 8. The zero-order valence-electron chi connectivity index (χ0n) is 18.1. The first-order valence-electron chi connectivity index (χ1n) is 10.9. The Kier molecular flexibility index (Phi) is 6.39. The minimum Gasteiger partial charge on any atom is -0.463 e. The van der Waals surface area contributed by atoms with Crippen molar-refractivity contribution in [1.29, 1.82) is 0 Å². The van der Waals surface area contributed by atoms with Gasteiger partial charge in [-0.05, 0) is 18.2 Å². The number of pyridine rings is 1. The molecule has 0 saturated carbocycles. The molecule has 2 N–H and O–H groups in total. The van der Waals surface area contributed by atoms with Crippen LogP contribution in [0.15, 0.2) is 66.0 Å². The van der Waals surface area contributed by atoms with Crippen LogP contribution < -0.4 is 15.1 Å². The van der Waals surface area contributed by atoms with E-state index >= 15 is 0 Å². The molecule has 0 atom stereocenters. The summed E-state index contributed by atoms with van der Waals surface area (Å²) in [5, 5.41) is 5.47. The predicted octanol–water partition coefficient (Wildman–Crippen LogP) is 3.26. The molecule has 1 aliphatic rings. The van der Waals surface area contributed by atoms with E-state index in [-0.39, 0.29) is 0 Å². The Bertz CT molecular complexity index is 1220. The van der Waals surface area contributed by atoms with Crippen molar-refractivity contribution >= 4 is 28.6 Å². The number of morpholine rings is 1. The minimum absolute atomic E-state index is 0.323. The third-order valence-electron chi connectivity index (χ3n) is 5.33. The lowest BCUT2D eigenvalue weighted by Gasteiger charge is -2.28. The predicted molar refractivity (Wildman–Crippen MR) is 128 cm³/mol. The lowest BCUT2D eigenvalue weighted by atomic mass is 10.2. The number of aromatic amines is 1. The molecule has 4 aromatic rings. The maximum absolute atomic E-state index is 5.88. The van der Waals surface area contributed by atoms with Gasteiger partial charge in [0.2, 0.25) is 0 Å². The number of benzene rings is 1. The van der Waals surface area contributed by atoms with Crippen LogP contribution in [0.2, 0.25) is 0 Å². The zero-order valence-corrected chi connectivity index (χ0v) is 18.1. The molecule has 9 heteroatoms. The molecule has 0 unspecified atom stereocenters. The molecule has 168 valence electrons. The maximum Gasteiger partial charge on any atom is 0.318 e. The van der Waals surface area contributed by atoms with Gasteiger partial charge in [0.25, 0.3) is 0 Å². The third kappa shape index (κ3) is 5.27. The summed E-state index contributed by atoms with van der Waals surface area (Å²) in [6.45, 7) is 3.33. The molecule has 0 spiro atoms. The van der Waals surface area contributed by atoms with E-state index in [9.17, 15) is 0 Å². The largest absolute Gasteiger partial charge is 0.463 e. The van der Waals surface area contributed by atoms with Crippen molar-refractivity contribution < 1.29 is 9.47 Å². The number of ether oxygens (including phenoxy) is 2. The first kappa shape index (κ1) is 20.9. The summed E-state index contributed by atoms with van der Waals surface area (Å²) in [7, 11) is 0. The normalized spacial score (nSPS) is 14.1. The summed E-state index contributed by atoms with van der Waals surface area (Å²) >= 11 is 0. The molecule has 1 saturated heterocycles. The van der Waals surface area contributed by atoms with E-state index in [1.165, 1.54) is 0 Å². The lowest BCUT2D eigenvalue weighted by Crippen LogP contribution is -2.37. The number of aromatic nitrogens is 4. The van der Waals surface area contributed by atoms with Gasteiger partial charge in [-0.3, -0.25) is 10.4 Å². The Morgan fingerprint density at radius 3 is 2.88 bits per heavy atom. The van der Waals surface area contributed by atoms with Gasteiger partial charge in [0.15, 0.2) is 0 Å². The summed E-state index contributed by atoms with van der Waals surface area (Å²) in [4.78, 5) is 18.9. The molecule has 0 amide bonds. The van der Waals surface area contributed by atoms with E-state index in [1.54, 1.807) is 12.4 Å². The van der Waals surface area contributed by atoms with E-state index in [1.807, 2.05) is 54.7 Å². The highest BCUT2D eigenvalue weighted by atomic mass is 16.5. The van der Waals surface area contributed by atoms with E-state index in [2.05, 4.69) is 35.4 Å². The van der Waals surface area contributed by atoms with Crippen molar-refractivity contribution in [3.05, 3.63) is 72.3 Å². The average molecular weight is 444 g/mol. The Labute approximate surface area is 191 Å². The fraction of sp³-hybridized carbons (Fsp3) is 0.250. The van der Waals surface area contributed by atoms with Crippen LogP contribution >= 0.6 is 0 Å². The number of para-hydroxylation sites is 1. The Hall–Kier alpha value is -3.98. The fourth-order valence-electron chi connectivity index (χ4n) is 3.64. The second kappa shape index (κ2) is 10.1. The first-order chi connectivity index (χ1) is 16.3. The number of nitrogens with one attached hydrogen (secondary N) is 2. The van der Waals surface area contributed by atoms with Crippen LogP contribution in [-0.4, -0.2) is 59.1 Å². The highest BCUT2D eigenvalue weighted by molar-refractivity contribution is 5.92. The van der Waals surface area contributed by atoms with Crippen LogP contribution in [0, 0.1) is 0 Å². The summed E-state index contributed by atoms with van der Waals surface area (Å²) in [6.07, 6.45) is 6.03. The van der Waals surface area contributed by atoms with Crippen LogP contribution in [-0.2, 0) is 11.2 Å². The molecule has 3 aromatic heterocycles. The van der Waals surface area contributed by atoms with Crippen molar-refractivity contribution in [3.63, 3.8) is 0 Å². The van der Waals surface area contributed by atoms with Crippen molar-refractivity contribution in [2.75, 3.05) is 43.2 Å². The van der Waals surface area contributed by atoms with Gasteiger partial charge in [-0.1, -0.05) is 24.3 Å². The fourth-order valence-corrected chi connectivity index (χ4v) is 3.64. The van der Waals surface area contributed by atoms with E-state index < -0.39 is 0 Å². The average Bonchev–Trinajstić information content (AvgIpc) is 3.28. The molecule has 1 aromatic carbocycles. The van der Waals surface area contributed by atoms with Gasteiger partial charge in [0.1, 0.15) is 5.82 Å². The standard InChI is InChI=1S/C24H25N7O2/c1-2-7-21-20(6-1)22(17-26-21)30-27-16-19-15-23(31-10-13-32-14-11-31)29-24(28-19)33-12-8-18-5-3-4-9-25-18/h1-7,9,15-17,26,30H,8,10-14H2. The van der Waals surface area contributed by atoms with Crippen LogP contribution in [0.5, 0.6) is 6.01 Å². The number of hydrogen-bond acceptors (Lipinski definition) is 8. The number of hydrazone groups is 1. The van der Waals surface area contributed by atoms with Gasteiger partial charge < -0.3 is 19.4 Å². The van der Waals surface area contributed by atoms with Gasteiger partial charge >= 0.3 is 6.01 Å². The SMILES string of the molecule is C(=NNc1c[nH]c2ccccc12)c1cc(N2CCOCC2)nc(OCCc2ccccn2)n1. The van der Waals surface area contributed by atoms with Crippen molar-refractivity contribution in [2.45, 2.75) is 6.42 Å². The zero-order chi connectivity index (χ0) is 22.3. The van der Waals surface area contributed by atoms with Crippen LogP contribution in [0.1, 0.15) is 11.4 Å². The molecule has 9 nitrogen and oxygen atoms in total. The molecular formula is C24H25N7O2. The smallest absolute Gasteiger partial charge is 0.318 e. The van der Waals surface area contributed by atoms with E-state index in [0.717, 1.165) is 41.2 Å². The van der Waals surface area contributed by atoms with Gasteiger partial charge in [0.05, 0.1) is 37.4 Å². The molecule has 5 rings (SSSR count). The quantitative estimate of drug-likeness (QED) is 0.318. The maximum atomic E-state index is 5.88. The molecule has 0 aliphatic carbocycles. The highest BCUT2D eigenvalue weighted by Gasteiger charge is 2.15. The molecule has 4 heterocycles. The molecule has 0 radical (unpaired) electrons. The minimum atomic E-state index is 0.323. The van der Waals surface area contributed by atoms with Gasteiger partial charge in [-0.25, -0.2) is 0 Å². The second-order valence-corrected chi connectivity index (χ2v) is 7.57. The van der Waals surface area contributed by atoms with E-state index in [4.69, 9.17) is 9.47 Å². The molecule has 1 fully saturated rings. The molecule has 1 aliphatic heterocycles. The highest BCUT2D eigenvalue weighted by Crippen LogP contribution is 2.22. The molecular weight excluding hydrogens is 418 g/mol. The van der Waals surface area contributed by atoms with Crippen LogP contribution in [0.25, 0.3) is 10.9 Å². The number of H-pyrrole nitrogens is 1. The first-order valence-corrected chi connectivity index (χ1v) is 10.9. The van der Waals surface area contributed by atoms with Gasteiger partial charge in [-0.2, -0.15) is 15.1 Å². The van der Waals surface area contributed by atoms with Crippen molar-refractivity contribution in [3.8, 4) is 6.01 Å². The monoisotopic (exact) mass is 443 g/mol. The Morgan fingerprint density at radius 1 is 1.12 bits per heavy atom. The Balaban J connectivity index is 1.32. The Morgan fingerprint density at radius 2 is 2.00 bits per heavy atom. The van der Waals surface area contributed by atoms with Crippen molar-refractivity contribution in [2.24, 2.45) is 5.10 Å². The summed E-state index contributed by atoms with van der Waals surface area (Å²) in [5.41, 5.74) is 6.67. The topological polar surface area (TPSA) is 101 Å². The number of hydrogen-bond donors (Lipinski definition) is 2. The second-order valence-electron chi connectivity index (χ2n) is 7.57. The summed E-state index contributed by atoms with van der Waals surface area (Å²) in [5.74, 6) is 0.801. The summed E-state index contributed by atoms with van der Waals surface area (Å²) in [6, 6.07) is 16.1. The number of nitrogens with zero attached hydrogens (tertiary/aromatic N) is 5. The number of anilines is 2. The lowest BCUT2D eigenvalue weighted by molar-refractivity contribution is 0.122. The summed E-state index contributed by atoms with van der Waals surface area (Å²) < 4.78 is 11.4.